The van der Waals surface area contributed by atoms with Crippen molar-refractivity contribution in [3.63, 3.8) is 0 Å². The van der Waals surface area contributed by atoms with Crippen LogP contribution in [0.4, 0.5) is 0 Å². The number of aromatic nitrogens is 1. The summed E-state index contributed by atoms with van der Waals surface area (Å²) in [5, 5.41) is 12.0. The van der Waals surface area contributed by atoms with E-state index in [4.69, 9.17) is 4.74 Å². The van der Waals surface area contributed by atoms with Gasteiger partial charge in [0.05, 0.1) is 13.2 Å². The molecule has 2 heterocycles. The van der Waals surface area contributed by atoms with Gasteiger partial charge in [0.25, 0.3) is 5.91 Å². The molecule has 1 atom stereocenters. The van der Waals surface area contributed by atoms with Crippen LogP contribution in [0.3, 0.4) is 0 Å². The van der Waals surface area contributed by atoms with Crippen molar-refractivity contribution in [3.05, 3.63) is 40.9 Å². The zero-order valence-corrected chi connectivity index (χ0v) is 13.4. The van der Waals surface area contributed by atoms with Crippen LogP contribution in [0.25, 0.3) is 10.6 Å². The molecule has 120 valence electrons. The number of thiazole rings is 1. The van der Waals surface area contributed by atoms with Gasteiger partial charge in [-0.15, -0.1) is 11.3 Å². The molecule has 23 heavy (non-hydrogen) atoms. The van der Waals surface area contributed by atoms with E-state index in [1.165, 1.54) is 16.2 Å². The number of carboxylic acids is 1. The molecule has 1 aromatic heterocycles. The average molecular weight is 332 g/mol. The summed E-state index contributed by atoms with van der Waals surface area (Å²) in [6.07, 6.45) is 0. The molecule has 1 aliphatic heterocycles. The Kier molecular flexibility index (Phi) is 4.40. The van der Waals surface area contributed by atoms with E-state index in [1.54, 1.807) is 18.2 Å². The maximum Gasteiger partial charge on any atom is 0.328 e. The third kappa shape index (κ3) is 3.25. The summed E-state index contributed by atoms with van der Waals surface area (Å²) in [4.78, 5) is 29.8. The number of carbonyl (C=O) groups excluding carboxylic acids is 1. The summed E-state index contributed by atoms with van der Waals surface area (Å²) in [7, 11) is 0. The third-order valence-corrected chi connectivity index (χ3v) is 4.66. The Hall–Kier alpha value is -2.25. The van der Waals surface area contributed by atoms with E-state index in [0.29, 0.717) is 12.2 Å². The van der Waals surface area contributed by atoms with E-state index in [0.717, 1.165) is 16.3 Å². The Bertz CT molecular complexity index is 743. The van der Waals surface area contributed by atoms with Gasteiger partial charge in [-0.3, -0.25) is 4.79 Å². The third-order valence-electron chi connectivity index (χ3n) is 3.65. The molecular weight excluding hydrogens is 316 g/mol. The van der Waals surface area contributed by atoms with Crippen LogP contribution in [0.5, 0.6) is 0 Å². The van der Waals surface area contributed by atoms with Crippen molar-refractivity contribution in [2.24, 2.45) is 0 Å². The van der Waals surface area contributed by atoms with Crippen molar-refractivity contribution < 1.29 is 19.4 Å². The highest BCUT2D eigenvalue weighted by atomic mass is 32.1. The lowest BCUT2D eigenvalue weighted by Crippen LogP contribution is -2.52. The second-order valence-electron chi connectivity index (χ2n) is 5.30. The Morgan fingerprint density at radius 3 is 2.96 bits per heavy atom. The molecule has 3 rings (SSSR count). The van der Waals surface area contributed by atoms with Crippen LogP contribution in [0, 0.1) is 6.92 Å². The number of morpholine rings is 1. The molecule has 0 spiro atoms. The second kappa shape index (κ2) is 6.47. The van der Waals surface area contributed by atoms with Gasteiger partial charge in [-0.2, -0.15) is 0 Å². The normalized spacial score (nSPS) is 18.0. The fourth-order valence-electron chi connectivity index (χ4n) is 2.49. The van der Waals surface area contributed by atoms with Gasteiger partial charge < -0.3 is 14.7 Å². The molecule has 1 saturated heterocycles. The smallest absolute Gasteiger partial charge is 0.328 e. The van der Waals surface area contributed by atoms with Crippen molar-refractivity contribution in [1.29, 1.82) is 0 Å². The maximum absolute atomic E-state index is 12.7. The summed E-state index contributed by atoms with van der Waals surface area (Å²) in [5.74, 6) is -1.35. The number of carbonyl (C=O) groups is 2. The molecule has 0 saturated carbocycles. The first-order chi connectivity index (χ1) is 11.1. The van der Waals surface area contributed by atoms with Crippen molar-refractivity contribution >= 4 is 23.2 Å². The molecule has 0 radical (unpaired) electrons. The summed E-state index contributed by atoms with van der Waals surface area (Å²) in [6, 6.07) is 6.19. The molecule has 1 aromatic carbocycles. The minimum Gasteiger partial charge on any atom is -0.480 e. The monoisotopic (exact) mass is 332 g/mol. The lowest BCUT2D eigenvalue weighted by molar-refractivity contribution is -0.147. The van der Waals surface area contributed by atoms with E-state index in [1.807, 2.05) is 18.4 Å². The molecule has 0 bridgehead atoms. The van der Waals surface area contributed by atoms with Crippen LogP contribution in [0.2, 0.25) is 0 Å². The number of amides is 1. The van der Waals surface area contributed by atoms with Crippen LogP contribution in [0.15, 0.2) is 29.6 Å². The number of aryl methyl sites for hydroxylation is 1. The number of rotatable bonds is 3. The van der Waals surface area contributed by atoms with Crippen molar-refractivity contribution in [2.45, 2.75) is 13.0 Å². The molecule has 1 N–H and O–H groups in total. The standard InChI is InChI=1S/C16H16N2O4S/c1-10-9-23-14(17-10)11-3-2-4-12(7-11)15(19)18-5-6-22-8-13(18)16(20)21/h2-4,7,9,13H,5-6,8H2,1H3,(H,20,21). The van der Waals surface area contributed by atoms with E-state index < -0.39 is 12.0 Å². The molecule has 1 amide bonds. The molecule has 2 aromatic rings. The van der Waals surface area contributed by atoms with Gasteiger partial charge in [-0.1, -0.05) is 12.1 Å². The molecule has 0 aliphatic carbocycles. The summed E-state index contributed by atoms with van der Waals surface area (Å²) in [6.45, 7) is 2.56. The van der Waals surface area contributed by atoms with Gasteiger partial charge in [0.2, 0.25) is 0 Å². The number of aliphatic carboxylic acids is 1. The van der Waals surface area contributed by atoms with E-state index in [2.05, 4.69) is 4.98 Å². The minimum atomic E-state index is -1.05. The number of hydrogen-bond acceptors (Lipinski definition) is 5. The highest BCUT2D eigenvalue weighted by Gasteiger charge is 2.33. The van der Waals surface area contributed by atoms with E-state index >= 15 is 0 Å². The van der Waals surface area contributed by atoms with Gasteiger partial charge in [0.15, 0.2) is 6.04 Å². The van der Waals surface area contributed by atoms with Crippen molar-refractivity contribution in [1.82, 2.24) is 9.88 Å². The molecule has 1 unspecified atom stereocenters. The number of benzene rings is 1. The van der Waals surface area contributed by atoms with Crippen LogP contribution < -0.4 is 0 Å². The first kappa shape index (κ1) is 15.6. The minimum absolute atomic E-state index is 0.0203. The Morgan fingerprint density at radius 2 is 2.26 bits per heavy atom. The topological polar surface area (TPSA) is 79.7 Å². The first-order valence-corrected chi connectivity index (χ1v) is 8.08. The highest BCUT2D eigenvalue weighted by molar-refractivity contribution is 7.13. The van der Waals surface area contributed by atoms with Gasteiger partial charge >= 0.3 is 5.97 Å². The van der Waals surface area contributed by atoms with Crippen molar-refractivity contribution in [2.75, 3.05) is 19.8 Å². The first-order valence-electron chi connectivity index (χ1n) is 7.20. The second-order valence-corrected chi connectivity index (χ2v) is 6.16. The molecule has 6 nitrogen and oxygen atoms in total. The summed E-state index contributed by atoms with van der Waals surface area (Å²) < 4.78 is 5.17. The van der Waals surface area contributed by atoms with Gasteiger partial charge in [-0.25, -0.2) is 9.78 Å². The molecule has 1 fully saturated rings. The van der Waals surface area contributed by atoms with Gasteiger partial charge in [0, 0.05) is 28.7 Å². The van der Waals surface area contributed by atoms with Crippen LogP contribution >= 0.6 is 11.3 Å². The Balaban J connectivity index is 1.88. The Morgan fingerprint density at radius 1 is 1.43 bits per heavy atom. The van der Waals surface area contributed by atoms with Crippen LogP contribution in [0.1, 0.15) is 16.1 Å². The highest BCUT2D eigenvalue weighted by Crippen LogP contribution is 2.25. The average Bonchev–Trinajstić information content (AvgIpc) is 3.01. The van der Waals surface area contributed by atoms with Crippen molar-refractivity contribution in [3.8, 4) is 10.6 Å². The van der Waals surface area contributed by atoms with E-state index in [9.17, 15) is 14.7 Å². The Labute approximate surface area is 137 Å². The van der Waals surface area contributed by atoms with E-state index in [-0.39, 0.29) is 19.1 Å². The zero-order chi connectivity index (χ0) is 16.4. The van der Waals surface area contributed by atoms with Gasteiger partial charge in [-0.05, 0) is 19.1 Å². The summed E-state index contributed by atoms with van der Waals surface area (Å²) in [5.41, 5.74) is 2.25. The molecule has 7 heteroatoms. The number of carboxylic acid groups (broad SMARTS) is 1. The molecular formula is C16H16N2O4S. The van der Waals surface area contributed by atoms with Crippen LogP contribution in [-0.2, 0) is 9.53 Å². The predicted octanol–water partition coefficient (Wildman–Crippen LogP) is 2.04. The SMILES string of the molecule is Cc1csc(-c2cccc(C(=O)N3CCOCC3C(=O)O)c2)n1. The fourth-order valence-corrected chi connectivity index (χ4v) is 3.28. The zero-order valence-electron chi connectivity index (χ0n) is 12.6. The fraction of sp³-hybridized carbons (Fsp3) is 0.312. The van der Waals surface area contributed by atoms with Crippen LogP contribution in [-0.4, -0.2) is 52.7 Å². The lowest BCUT2D eigenvalue weighted by atomic mass is 10.1. The largest absolute Gasteiger partial charge is 0.480 e. The number of ether oxygens (including phenoxy) is 1. The maximum atomic E-state index is 12.7. The van der Waals surface area contributed by atoms with Gasteiger partial charge in [0.1, 0.15) is 5.01 Å². The summed E-state index contributed by atoms with van der Waals surface area (Å²) >= 11 is 1.51. The quantitative estimate of drug-likeness (QED) is 0.930. The number of nitrogens with zero attached hydrogens (tertiary/aromatic N) is 2. The number of hydrogen-bond donors (Lipinski definition) is 1. The predicted molar refractivity (Wildman–Crippen MR) is 85.6 cm³/mol. The lowest BCUT2D eigenvalue weighted by Gasteiger charge is -2.32. The molecule has 1 aliphatic rings.